The summed E-state index contributed by atoms with van der Waals surface area (Å²) in [7, 11) is 1.76. The molecule has 0 radical (unpaired) electrons. The summed E-state index contributed by atoms with van der Waals surface area (Å²) in [6, 6.07) is 5.03. The van der Waals surface area contributed by atoms with Crippen LogP contribution in [0.4, 0.5) is 17.2 Å². The summed E-state index contributed by atoms with van der Waals surface area (Å²) < 4.78 is 1.58. The van der Waals surface area contributed by atoms with Gasteiger partial charge in [0.15, 0.2) is 0 Å². The van der Waals surface area contributed by atoms with Gasteiger partial charge >= 0.3 is 0 Å². The Labute approximate surface area is 110 Å². The van der Waals surface area contributed by atoms with Gasteiger partial charge in [-0.2, -0.15) is 5.10 Å². The minimum Gasteiger partial charge on any atom is -0.384 e. The molecule has 0 bridgehead atoms. The van der Waals surface area contributed by atoms with Gasteiger partial charge in [0.05, 0.1) is 11.1 Å². The van der Waals surface area contributed by atoms with Crippen LogP contribution in [0.1, 0.15) is 11.1 Å². The maximum atomic E-state index is 10.9. The van der Waals surface area contributed by atoms with Gasteiger partial charge in [-0.25, -0.2) is 0 Å². The third-order valence-electron chi connectivity index (χ3n) is 2.95. The fourth-order valence-electron chi connectivity index (χ4n) is 1.74. The van der Waals surface area contributed by atoms with Gasteiger partial charge < -0.3 is 11.1 Å². The molecular weight excluding hydrogens is 246 g/mol. The summed E-state index contributed by atoms with van der Waals surface area (Å²) in [5.74, 6) is 0.578. The van der Waals surface area contributed by atoms with Crippen molar-refractivity contribution in [2.75, 3.05) is 11.1 Å². The normalized spacial score (nSPS) is 10.4. The lowest BCUT2D eigenvalue weighted by atomic mass is 10.2. The molecule has 0 amide bonds. The van der Waals surface area contributed by atoms with E-state index in [0.29, 0.717) is 23.6 Å². The highest BCUT2D eigenvalue weighted by Crippen LogP contribution is 2.23. The molecule has 0 saturated heterocycles. The highest BCUT2D eigenvalue weighted by Gasteiger charge is 2.11. The molecule has 0 spiro atoms. The molecule has 3 N–H and O–H groups in total. The number of hydrogen-bond acceptors (Lipinski definition) is 5. The van der Waals surface area contributed by atoms with E-state index in [2.05, 4.69) is 10.4 Å². The fraction of sp³-hybridized carbons (Fsp3) is 0.250. The van der Waals surface area contributed by atoms with E-state index in [4.69, 9.17) is 5.73 Å². The van der Waals surface area contributed by atoms with Crippen molar-refractivity contribution in [1.29, 1.82) is 0 Å². The lowest BCUT2D eigenvalue weighted by molar-refractivity contribution is -0.385. The Bertz CT molecular complexity index is 621. The van der Waals surface area contributed by atoms with Gasteiger partial charge in [0.1, 0.15) is 5.82 Å². The number of nitrogens with two attached hydrogens (primary N) is 1. The van der Waals surface area contributed by atoms with Crippen molar-refractivity contribution in [3.8, 4) is 0 Å². The Morgan fingerprint density at radius 1 is 1.53 bits per heavy atom. The quantitative estimate of drug-likeness (QED) is 0.646. The Balaban J connectivity index is 2.14. The highest BCUT2D eigenvalue weighted by molar-refractivity contribution is 5.55. The van der Waals surface area contributed by atoms with Crippen molar-refractivity contribution in [3.63, 3.8) is 0 Å². The van der Waals surface area contributed by atoms with Crippen LogP contribution < -0.4 is 11.1 Å². The molecule has 2 rings (SSSR count). The van der Waals surface area contributed by atoms with Crippen LogP contribution in [0.15, 0.2) is 24.4 Å². The number of aromatic nitrogens is 2. The van der Waals surface area contributed by atoms with Crippen LogP contribution in [0.3, 0.4) is 0 Å². The van der Waals surface area contributed by atoms with Crippen molar-refractivity contribution in [2.45, 2.75) is 13.5 Å². The van der Waals surface area contributed by atoms with Gasteiger partial charge in [-0.05, 0) is 13.0 Å². The van der Waals surface area contributed by atoms with Gasteiger partial charge in [-0.3, -0.25) is 14.8 Å². The molecule has 100 valence electrons. The number of anilines is 2. The molecule has 1 heterocycles. The predicted molar refractivity (Wildman–Crippen MR) is 72.8 cm³/mol. The molecule has 19 heavy (non-hydrogen) atoms. The van der Waals surface area contributed by atoms with Crippen LogP contribution in [-0.2, 0) is 13.6 Å². The van der Waals surface area contributed by atoms with E-state index in [1.165, 1.54) is 6.07 Å². The van der Waals surface area contributed by atoms with Crippen LogP contribution in [0.2, 0.25) is 0 Å². The number of nitrogens with zero attached hydrogens (tertiary/aromatic N) is 3. The van der Waals surface area contributed by atoms with E-state index < -0.39 is 0 Å². The molecular formula is C12H15N5O2. The lowest BCUT2D eigenvalue weighted by Gasteiger charge is -2.07. The molecule has 0 saturated carbocycles. The first-order valence-corrected chi connectivity index (χ1v) is 5.74. The SMILES string of the molecule is Cc1ccc(NCc2cnn(C)c2N)cc1[N+](=O)[O-]. The van der Waals surface area contributed by atoms with Gasteiger partial charge in [0, 0.05) is 36.5 Å². The number of benzene rings is 1. The van der Waals surface area contributed by atoms with Crippen LogP contribution in [0.5, 0.6) is 0 Å². The van der Waals surface area contributed by atoms with Crippen LogP contribution >= 0.6 is 0 Å². The Kier molecular flexibility index (Phi) is 3.37. The number of aryl methyl sites for hydroxylation is 2. The van der Waals surface area contributed by atoms with Crippen LogP contribution in [0.25, 0.3) is 0 Å². The van der Waals surface area contributed by atoms with E-state index in [0.717, 1.165) is 5.56 Å². The first-order chi connectivity index (χ1) is 8.99. The van der Waals surface area contributed by atoms with Gasteiger partial charge in [-0.15, -0.1) is 0 Å². The number of nitrogens with one attached hydrogen (secondary N) is 1. The molecule has 0 aliphatic heterocycles. The molecule has 1 aromatic heterocycles. The smallest absolute Gasteiger partial charge is 0.274 e. The number of hydrogen-bond donors (Lipinski definition) is 2. The number of nitro groups is 1. The summed E-state index contributed by atoms with van der Waals surface area (Å²) in [6.07, 6.45) is 1.67. The zero-order valence-electron chi connectivity index (χ0n) is 10.8. The van der Waals surface area contributed by atoms with E-state index in [-0.39, 0.29) is 10.6 Å². The van der Waals surface area contributed by atoms with Crippen molar-refractivity contribution in [3.05, 3.63) is 45.6 Å². The second kappa shape index (κ2) is 4.97. The van der Waals surface area contributed by atoms with E-state index in [1.54, 1.807) is 37.0 Å². The highest BCUT2D eigenvalue weighted by atomic mass is 16.6. The largest absolute Gasteiger partial charge is 0.384 e. The van der Waals surface area contributed by atoms with Crippen LogP contribution in [-0.4, -0.2) is 14.7 Å². The maximum absolute atomic E-state index is 10.9. The second-order valence-electron chi connectivity index (χ2n) is 4.29. The van der Waals surface area contributed by atoms with E-state index in [1.807, 2.05) is 0 Å². The average molecular weight is 261 g/mol. The molecule has 0 fully saturated rings. The van der Waals surface area contributed by atoms with Gasteiger partial charge in [0.25, 0.3) is 5.69 Å². The first-order valence-electron chi connectivity index (χ1n) is 5.74. The van der Waals surface area contributed by atoms with Crippen LogP contribution in [0, 0.1) is 17.0 Å². The monoisotopic (exact) mass is 261 g/mol. The summed E-state index contributed by atoms with van der Waals surface area (Å²) in [6.45, 7) is 2.18. The molecule has 0 unspecified atom stereocenters. The minimum atomic E-state index is -0.390. The summed E-state index contributed by atoms with van der Waals surface area (Å²) in [4.78, 5) is 10.5. The molecule has 7 nitrogen and oxygen atoms in total. The van der Waals surface area contributed by atoms with Gasteiger partial charge in [0.2, 0.25) is 0 Å². The summed E-state index contributed by atoms with van der Waals surface area (Å²) in [5, 5.41) is 18.0. The molecule has 7 heteroatoms. The average Bonchev–Trinajstić information content (AvgIpc) is 2.69. The zero-order valence-corrected chi connectivity index (χ0v) is 10.8. The summed E-state index contributed by atoms with van der Waals surface area (Å²) >= 11 is 0. The molecule has 1 aromatic carbocycles. The topological polar surface area (TPSA) is 99.0 Å². The van der Waals surface area contributed by atoms with Crippen molar-refractivity contribution >= 4 is 17.2 Å². The molecule has 0 aliphatic carbocycles. The Morgan fingerprint density at radius 2 is 2.26 bits per heavy atom. The molecule has 0 atom stereocenters. The van der Waals surface area contributed by atoms with Crippen molar-refractivity contribution < 1.29 is 4.92 Å². The maximum Gasteiger partial charge on any atom is 0.274 e. The minimum absolute atomic E-state index is 0.101. The predicted octanol–water partition coefficient (Wildman–Crippen LogP) is 1.83. The van der Waals surface area contributed by atoms with E-state index >= 15 is 0 Å². The Hall–Kier alpha value is -2.57. The summed E-state index contributed by atoms with van der Waals surface area (Å²) in [5.41, 5.74) is 8.09. The standard InChI is InChI=1S/C12H15N5O2/c1-8-3-4-10(5-11(8)17(18)19)14-6-9-7-15-16(2)12(9)13/h3-5,7,14H,6,13H2,1-2H3. The lowest BCUT2D eigenvalue weighted by Crippen LogP contribution is -2.04. The molecule has 0 aliphatic rings. The van der Waals surface area contributed by atoms with Crippen molar-refractivity contribution in [2.24, 2.45) is 7.05 Å². The van der Waals surface area contributed by atoms with E-state index in [9.17, 15) is 10.1 Å². The number of rotatable bonds is 4. The molecule has 2 aromatic rings. The fourth-order valence-corrected chi connectivity index (χ4v) is 1.74. The first kappa shape index (κ1) is 12.9. The third kappa shape index (κ3) is 2.65. The number of nitrogen functional groups attached to an aromatic ring is 1. The zero-order chi connectivity index (χ0) is 14.0. The third-order valence-corrected chi connectivity index (χ3v) is 2.95. The van der Waals surface area contributed by atoms with Gasteiger partial charge in [-0.1, -0.05) is 6.07 Å². The second-order valence-corrected chi connectivity index (χ2v) is 4.29. The Morgan fingerprint density at radius 3 is 2.84 bits per heavy atom. The number of nitro benzene ring substituents is 1. The van der Waals surface area contributed by atoms with Crippen molar-refractivity contribution in [1.82, 2.24) is 9.78 Å².